The van der Waals surface area contributed by atoms with Gasteiger partial charge in [0.15, 0.2) is 0 Å². The molecule has 0 spiro atoms. The molecular weight excluding hydrogens is 304 g/mol. The molecule has 2 amide bonds. The summed E-state index contributed by atoms with van der Waals surface area (Å²) >= 11 is 0. The van der Waals surface area contributed by atoms with Crippen molar-refractivity contribution in [3.05, 3.63) is 41.2 Å². The second-order valence-electron chi connectivity index (χ2n) is 6.46. The molecule has 0 atom stereocenters. The summed E-state index contributed by atoms with van der Waals surface area (Å²) in [4.78, 5) is 14.5. The van der Waals surface area contributed by atoms with Crippen molar-refractivity contribution in [1.29, 1.82) is 0 Å². The van der Waals surface area contributed by atoms with Crippen LogP contribution in [-0.2, 0) is 20.0 Å². The van der Waals surface area contributed by atoms with Crippen molar-refractivity contribution in [2.45, 2.75) is 32.7 Å². The highest BCUT2D eigenvalue weighted by Gasteiger charge is 2.24. The van der Waals surface area contributed by atoms with E-state index in [1.54, 1.807) is 11.8 Å². The Morgan fingerprint density at radius 2 is 2.17 bits per heavy atom. The van der Waals surface area contributed by atoms with Crippen LogP contribution in [0.3, 0.4) is 0 Å². The number of hydrogen-bond donors (Lipinski definition) is 1. The lowest BCUT2D eigenvalue weighted by atomic mass is 9.99. The summed E-state index contributed by atoms with van der Waals surface area (Å²) in [6.07, 6.45) is 2.66. The van der Waals surface area contributed by atoms with Gasteiger partial charge in [-0.05, 0) is 24.0 Å². The molecule has 0 aliphatic carbocycles. The van der Waals surface area contributed by atoms with Crippen molar-refractivity contribution < 1.29 is 9.53 Å². The number of carbonyl (C=O) groups is 1. The van der Waals surface area contributed by atoms with Crippen LogP contribution < -0.4 is 10.1 Å². The third kappa shape index (κ3) is 3.09. The topological polar surface area (TPSA) is 59.4 Å². The molecule has 0 fully saturated rings. The van der Waals surface area contributed by atoms with Crippen molar-refractivity contribution in [3.63, 3.8) is 0 Å². The van der Waals surface area contributed by atoms with Crippen LogP contribution in [0.1, 0.15) is 36.6 Å². The summed E-state index contributed by atoms with van der Waals surface area (Å²) < 4.78 is 7.16. The zero-order chi connectivity index (χ0) is 17.3. The minimum absolute atomic E-state index is 0.0848. The van der Waals surface area contributed by atoms with Crippen LogP contribution >= 0.6 is 0 Å². The first kappa shape index (κ1) is 16.4. The van der Waals surface area contributed by atoms with Crippen LogP contribution in [0, 0.1) is 0 Å². The van der Waals surface area contributed by atoms with Crippen molar-refractivity contribution in [3.8, 4) is 5.75 Å². The third-order valence-corrected chi connectivity index (χ3v) is 4.38. The van der Waals surface area contributed by atoms with Crippen LogP contribution in [0.2, 0.25) is 0 Å². The van der Waals surface area contributed by atoms with Gasteiger partial charge in [-0.15, -0.1) is 0 Å². The first-order chi connectivity index (χ1) is 11.5. The number of carbonyl (C=O) groups excluding carboxylic acids is 1. The highest BCUT2D eigenvalue weighted by molar-refractivity contribution is 5.90. The van der Waals surface area contributed by atoms with E-state index in [1.165, 1.54) is 5.56 Å². The zero-order valence-electron chi connectivity index (χ0n) is 14.7. The predicted molar refractivity (Wildman–Crippen MR) is 93.4 cm³/mol. The quantitative estimate of drug-likeness (QED) is 0.941. The Morgan fingerprint density at radius 1 is 1.38 bits per heavy atom. The van der Waals surface area contributed by atoms with Gasteiger partial charge in [0.05, 0.1) is 18.5 Å². The Kier molecular flexibility index (Phi) is 4.46. The van der Waals surface area contributed by atoms with E-state index in [0.29, 0.717) is 13.1 Å². The van der Waals surface area contributed by atoms with Gasteiger partial charge in [0.2, 0.25) is 0 Å². The molecule has 0 saturated heterocycles. The lowest BCUT2D eigenvalue weighted by Gasteiger charge is -2.29. The SMILES string of the molecule is COc1cccc2c1CCN(C(=O)Nc1cn(C)nc1C(C)C)C2. The van der Waals surface area contributed by atoms with Gasteiger partial charge in [-0.3, -0.25) is 4.68 Å². The lowest BCUT2D eigenvalue weighted by Crippen LogP contribution is -2.39. The molecule has 6 heteroatoms. The number of aromatic nitrogens is 2. The molecule has 1 N–H and O–H groups in total. The molecule has 6 nitrogen and oxygen atoms in total. The summed E-state index contributed by atoms with van der Waals surface area (Å²) in [5, 5.41) is 7.45. The van der Waals surface area contributed by atoms with E-state index in [2.05, 4.69) is 30.3 Å². The number of methoxy groups -OCH3 is 1. The smallest absolute Gasteiger partial charge is 0.322 e. The van der Waals surface area contributed by atoms with Gasteiger partial charge in [0.1, 0.15) is 5.75 Å². The van der Waals surface area contributed by atoms with Crippen molar-refractivity contribution in [1.82, 2.24) is 14.7 Å². The fourth-order valence-corrected chi connectivity index (χ4v) is 3.16. The number of anilines is 1. The summed E-state index contributed by atoms with van der Waals surface area (Å²) in [5.74, 6) is 1.16. The van der Waals surface area contributed by atoms with E-state index in [-0.39, 0.29) is 11.9 Å². The first-order valence-electron chi connectivity index (χ1n) is 8.23. The second kappa shape index (κ2) is 6.55. The number of aryl methyl sites for hydroxylation is 1. The molecule has 0 radical (unpaired) electrons. The number of benzene rings is 1. The van der Waals surface area contributed by atoms with Crippen LogP contribution in [0.5, 0.6) is 5.75 Å². The molecule has 128 valence electrons. The summed E-state index contributed by atoms with van der Waals surface area (Å²) in [5.41, 5.74) is 4.04. The van der Waals surface area contributed by atoms with Crippen LogP contribution in [0.25, 0.3) is 0 Å². The minimum Gasteiger partial charge on any atom is -0.496 e. The Morgan fingerprint density at radius 3 is 2.88 bits per heavy atom. The maximum absolute atomic E-state index is 12.7. The van der Waals surface area contributed by atoms with Crippen LogP contribution in [-0.4, -0.2) is 34.4 Å². The van der Waals surface area contributed by atoms with Gasteiger partial charge in [0.25, 0.3) is 0 Å². The molecule has 1 aliphatic rings. The average Bonchev–Trinajstić information content (AvgIpc) is 2.94. The number of ether oxygens (including phenoxy) is 1. The molecule has 2 aromatic rings. The van der Waals surface area contributed by atoms with Crippen molar-refractivity contribution in [2.75, 3.05) is 19.0 Å². The van der Waals surface area contributed by atoms with Gasteiger partial charge in [-0.25, -0.2) is 4.79 Å². The van der Waals surface area contributed by atoms with Crippen LogP contribution in [0.4, 0.5) is 10.5 Å². The predicted octanol–water partition coefficient (Wildman–Crippen LogP) is 3.14. The number of rotatable bonds is 3. The fraction of sp³-hybridized carbons (Fsp3) is 0.444. The van der Waals surface area contributed by atoms with Gasteiger partial charge in [-0.2, -0.15) is 5.10 Å². The van der Waals surface area contributed by atoms with Crippen molar-refractivity contribution >= 4 is 11.7 Å². The molecule has 0 bridgehead atoms. The minimum atomic E-state index is -0.0848. The molecular formula is C18H24N4O2. The van der Waals surface area contributed by atoms with E-state index in [9.17, 15) is 4.79 Å². The fourth-order valence-electron chi connectivity index (χ4n) is 3.16. The standard InChI is InChI=1S/C18H24N4O2/c1-12(2)17-15(11-21(3)20-17)19-18(23)22-9-8-14-13(10-22)6-5-7-16(14)24-4/h5-7,11-12H,8-10H2,1-4H3,(H,19,23). The summed E-state index contributed by atoms with van der Waals surface area (Å²) in [6, 6.07) is 5.91. The number of fused-ring (bicyclic) bond motifs is 1. The molecule has 24 heavy (non-hydrogen) atoms. The Labute approximate surface area is 142 Å². The number of nitrogens with zero attached hydrogens (tertiary/aromatic N) is 3. The Bertz CT molecular complexity index is 751. The number of hydrogen-bond acceptors (Lipinski definition) is 3. The van der Waals surface area contributed by atoms with Gasteiger partial charge >= 0.3 is 6.03 Å². The molecule has 0 unspecified atom stereocenters. The molecule has 1 aromatic carbocycles. The Hall–Kier alpha value is -2.50. The highest BCUT2D eigenvalue weighted by atomic mass is 16.5. The van der Waals surface area contributed by atoms with Gasteiger partial charge < -0.3 is 15.0 Å². The normalized spacial score (nSPS) is 13.8. The van der Waals surface area contributed by atoms with E-state index >= 15 is 0 Å². The Balaban J connectivity index is 1.75. The maximum Gasteiger partial charge on any atom is 0.322 e. The van der Waals surface area contributed by atoms with Crippen molar-refractivity contribution in [2.24, 2.45) is 7.05 Å². The van der Waals surface area contributed by atoms with E-state index < -0.39 is 0 Å². The number of amides is 2. The number of nitrogens with one attached hydrogen (secondary N) is 1. The summed E-state index contributed by atoms with van der Waals surface area (Å²) in [6.45, 7) is 5.41. The molecule has 0 saturated carbocycles. The van der Waals surface area contributed by atoms with E-state index in [0.717, 1.165) is 29.1 Å². The van der Waals surface area contributed by atoms with E-state index in [4.69, 9.17) is 4.74 Å². The van der Waals surface area contributed by atoms with Gasteiger partial charge in [-0.1, -0.05) is 26.0 Å². The molecule has 1 aromatic heterocycles. The molecule has 2 heterocycles. The highest BCUT2D eigenvalue weighted by Crippen LogP contribution is 2.28. The number of urea groups is 1. The van der Waals surface area contributed by atoms with Gasteiger partial charge in [0, 0.05) is 31.9 Å². The van der Waals surface area contributed by atoms with Crippen LogP contribution in [0.15, 0.2) is 24.4 Å². The lowest BCUT2D eigenvalue weighted by molar-refractivity contribution is 0.206. The van der Waals surface area contributed by atoms with E-state index in [1.807, 2.05) is 30.3 Å². The average molecular weight is 328 g/mol. The largest absolute Gasteiger partial charge is 0.496 e. The summed E-state index contributed by atoms with van der Waals surface area (Å²) in [7, 11) is 3.55. The zero-order valence-corrected chi connectivity index (χ0v) is 14.7. The second-order valence-corrected chi connectivity index (χ2v) is 6.46. The monoisotopic (exact) mass is 328 g/mol. The maximum atomic E-state index is 12.7. The first-order valence-corrected chi connectivity index (χ1v) is 8.23. The molecule has 3 rings (SSSR count). The molecule has 1 aliphatic heterocycles. The third-order valence-electron chi connectivity index (χ3n) is 4.38.